The first-order chi connectivity index (χ1) is 16.3. The number of carbonyl (C=O) groups is 1. The number of sulfonamides is 1. The number of hydrogen-bond acceptors (Lipinski definition) is 5. The van der Waals surface area contributed by atoms with Crippen LogP contribution in [0.3, 0.4) is 0 Å². The quantitative estimate of drug-likeness (QED) is 0.359. The first-order valence-electron chi connectivity index (χ1n) is 10.2. The van der Waals surface area contributed by atoms with Crippen LogP contribution in [0.15, 0.2) is 89.1 Å². The molecule has 9 heteroatoms. The molecule has 34 heavy (non-hydrogen) atoms. The van der Waals surface area contributed by atoms with Crippen molar-refractivity contribution in [2.75, 3.05) is 23.8 Å². The van der Waals surface area contributed by atoms with E-state index in [1.54, 1.807) is 53.9 Å². The Kier molecular flexibility index (Phi) is 6.67. The molecule has 174 valence electrons. The van der Waals surface area contributed by atoms with E-state index < -0.39 is 21.7 Å². The Bertz CT molecular complexity index is 1420. The highest BCUT2D eigenvalue weighted by Gasteiger charge is 2.33. The highest BCUT2D eigenvalue weighted by atomic mass is 32.2. The van der Waals surface area contributed by atoms with Gasteiger partial charge in [0, 0.05) is 23.7 Å². The van der Waals surface area contributed by atoms with Crippen molar-refractivity contribution in [1.82, 2.24) is 0 Å². The fourth-order valence-electron chi connectivity index (χ4n) is 3.39. The van der Waals surface area contributed by atoms with Gasteiger partial charge in [0.1, 0.15) is 21.3 Å². The number of hydrogen-bond donors (Lipinski definition) is 1. The number of methoxy groups -OCH3 is 1. The zero-order valence-electron chi connectivity index (χ0n) is 18.4. The Labute approximate surface area is 201 Å². The van der Waals surface area contributed by atoms with E-state index in [0.717, 1.165) is 21.7 Å². The fourth-order valence-corrected chi connectivity index (χ4v) is 6.23. The number of benzene rings is 3. The molecular weight excluding hydrogens is 475 g/mol. The average molecular weight is 497 g/mol. The number of ether oxygens (including phenoxy) is 1. The third kappa shape index (κ3) is 4.66. The van der Waals surface area contributed by atoms with E-state index in [9.17, 15) is 17.6 Å². The second-order valence-corrected chi connectivity index (χ2v) is 10.1. The van der Waals surface area contributed by atoms with Gasteiger partial charge in [-0.1, -0.05) is 36.4 Å². The van der Waals surface area contributed by atoms with Crippen LogP contribution in [-0.4, -0.2) is 28.5 Å². The van der Waals surface area contributed by atoms with Crippen LogP contribution in [-0.2, 0) is 10.0 Å². The number of amides is 1. The molecule has 6 nitrogen and oxygen atoms in total. The lowest BCUT2D eigenvalue weighted by atomic mass is 10.1. The van der Waals surface area contributed by atoms with Gasteiger partial charge in [0.2, 0.25) is 0 Å². The minimum absolute atomic E-state index is 0.0259. The summed E-state index contributed by atoms with van der Waals surface area (Å²) >= 11 is 1.03. The van der Waals surface area contributed by atoms with Crippen LogP contribution in [0.2, 0.25) is 0 Å². The summed E-state index contributed by atoms with van der Waals surface area (Å²) in [4.78, 5) is 13.1. The van der Waals surface area contributed by atoms with Crippen LogP contribution in [0.5, 0.6) is 5.75 Å². The summed E-state index contributed by atoms with van der Waals surface area (Å²) in [6.07, 6.45) is 0. The van der Waals surface area contributed by atoms with E-state index >= 15 is 0 Å². The highest BCUT2D eigenvalue weighted by molar-refractivity contribution is 7.93. The maximum absolute atomic E-state index is 13.8. The minimum atomic E-state index is -4.23. The monoisotopic (exact) mass is 496 g/mol. The van der Waals surface area contributed by atoms with Crippen molar-refractivity contribution < 1.29 is 22.3 Å². The first kappa shape index (κ1) is 23.5. The number of nitrogens with one attached hydrogen (secondary N) is 1. The summed E-state index contributed by atoms with van der Waals surface area (Å²) in [7, 11) is -1.35. The van der Waals surface area contributed by atoms with Gasteiger partial charge in [-0.3, -0.25) is 9.10 Å². The number of rotatable bonds is 7. The van der Waals surface area contributed by atoms with Crippen molar-refractivity contribution in [2.45, 2.75) is 4.90 Å². The van der Waals surface area contributed by atoms with Crippen LogP contribution in [0, 0.1) is 5.82 Å². The van der Waals surface area contributed by atoms with E-state index in [1.807, 2.05) is 6.07 Å². The Morgan fingerprint density at radius 1 is 1.00 bits per heavy atom. The first-order valence-corrected chi connectivity index (χ1v) is 12.5. The predicted molar refractivity (Wildman–Crippen MR) is 133 cm³/mol. The molecular formula is C25H21FN2O4S2. The van der Waals surface area contributed by atoms with Crippen LogP contribution in [0.1, 0.15) is 9.67 Å². The van der Waals surface area contributed by atoms with Crippen molar-refractivity contribution in [3.8, 4) is 16.9 Å². The van der Waals surface area contributed by atoms with Gasteiger partial charge in [0.15, 0.2) is 0 Å². The topological polar surface area (TPSA) is 75.7 Å². The third-order valence-corrected chi connectivity index (χ3v) is 8.15. The normalized spacial score (nSPS) is 11.1. The molecule has 4 aromatic rings. The summed E-state index contributed by atoms with van der Waals surface area (Å²) < 4.78 is 47.5. The van der Waals surface area contributed by atoms with Gasteiger partial charge in [0.25, 0.3) is 15.9 Å². The zero-order valence-corrected chi connectivity index (χ0v) is 20.0. The van der Waals surface area contributed by atoms with Gasteiger partial charge in [0.05, 0.1) is 12.8 Å². The molecule has 0 atom stereocenters. The Hall–Kier alpha value is -3.69. The van der Waals surface area contributed by atoms with E-state index in [2.05, 4.69) is 5.32 Å². The lowest BCUT2D eigenvalue weighted by Gasteiger charge is -2.21. The maximum Gasteiger partial charge on any atom is 0.267 e. The smallest absolute Gasteiger partial charge is 0.267 e. The van der Waals surface area contributed by atoms with Crippen LogP contribution >= 0.6 is 11.3 Å². The summed E-state index contributed by atoms with van der Waals surface area (Å²) in [5, 5.41) is 4.39. The van der Waals surface area contributed by atoms with Crippen molar-refractivity contribution >= 4 is 38.6 Å². The average Bonchev–Trinajstić information content (AvgIpc) is 3.31. The molecule has 0 bridgehead atoms. The van der Waals surface area contributed by atoms with Crippen molar-refractivity contribution in [1.29, 1.82) is 0 Å². The fraction of sp³-hybridized carbons (Fsp3) is 0.0800. The number of halogens is 1. The molecule has 0 saturated heterocycles. The highest BCUT2D eigenvalue weighted by Crippen LogP contribution is 2.38. The van der Waals surface area contributed by atoms with E-state index in [-0.39, 0.29) is 15.5 Å². The number of carbonyl (C=O) groups excluding carboxylic acids is 1. The maximum atomic E-state index is 13.8. The van der Waals surface area contributed by atoms with Crippen molar-refractivity contribution in [3.05, 3.63) is 94.9 Å². The van der Waals surface area contributed by atoms with Crippen LogP contribution in [0.25, 0.3) is 11.1 Å². The Morgan fingerprint density at radius 2 is 1.71 bits per heavy atom. The van der Waals surface area contributed by atoms with Crippen LogP contribution in [0.4, 0.5) is 15.8 Å². The molecule has 4 rings (SSSR count). The minimum Gasteiger partial charge on any atom is -0.497 e. The molecule has 0 radical (unpaired) electrons. The molecule has 0 aliphatic rings. The summed E-state index contributed by atoms with van der Waals surface area (Å²) in [5.74, 6) is -0.505. The van der Waals surface area contributed by atoms with Gasteiger partial charge in [-0.25, -0.2) is 12.8 Å². The molecule has 0 aliphatic heterocycles. The van der Waals surface area contributed by atoms with E-state index in [4.69, 9.17) is 4.74 Å². The zero-order chi connectivity index (χ0) is 24.3. The van der Waals surface area contributed by atoms with Crippen molar-refractivity contribution in [2.24, 2.45) is 0 Å². The predicted octanol–water partition coefficient (Wildman–Crippen LogP) is 5.64. The molecule has 1 N–H and O–H groups in total. The summed E-state index contributed by atoms with van der Waals surface area (Å²) in [6, 6.07) is 20.9. The van der Waals surface area contributed by atoms with Gasteiger partial charge in [-0.15, -0.1) is 11.3 Å². The number of thiophene rings is 1. The molecule has 0 aliphatic carbocycles. The molecule has 0 spiro atoms. The molecule has 1 heterocycles. The summed E-state index contributed by atoms with van der Waals surface area (Å²) in [6.45, 7) is 0. The van der Waals surface area contributed by atoms with Crippen LogP contribution < -0.4 is 14.4 Å². The number of anilines is 2. The SMILES string of the molecule is COc1ccc(NC(=O)c2scc(-c3ccccc3)c2S(=O)(=O)N(C)c2cccc(F)c2)cc1. The van der Waals surface area contributed by atoms with Gasteiger partial charge in [-0.2, -0.15) is 0 Å². The molecule has 0 saturated carbocycles. The molecule has 1 amide bonds. The third-order valence-electron chi connectivity index (χ3n) is 5.17. The van der Waals surface area contributed by atoms with E-state index in [1.165, 1.54) is 32.4 Å². The second kappa shape index (κ2) is 9.66. The lowest BCUT2D eigenvalue weighted by molar-refractivity contribution is 0.102. The Morgan fingerprint density at radius 3 is 2.35 bits per heavy atom. The van der Waals surface area contributed by atoms with Gasteiger partial charge in [-0.05, 0) is 48.0 Å². The Balaban J connectivity index is 1.80. The van der Waals surface area contributed by atoms with E-state index in [0.29, 0.717) is 22.6 Å². The molecule has 3 aromatic carbocycles. The summed E-state index contributed by atoms with van der Waals surface area (Å²) in [5.41, 5.74) is 1.68. The molecule has 0 fully saturated rings. The largest absolute Gasteiger partial charge is 0.497 e. The van der Waals surface area contributed by atoms with Gasteiger partial charge < -0.3 is 10.1 Å². The van der Waals surface area contributed by atoms with Gasteiger partial charge >= 0.3 is 0 Å². The lowest BCUT2D eigenvalue weighted by Crippen LogP contribution is -2.28. The molecule has 1 aromatic heterocycles. The standard InChI is InChI=1S/C25H21FN2O4S2/c1-28(20-10-6-9-18(26)15-20)34(30,31)24-22(17-7-4-3-5-8-17)16-33-23(24)25(29)27-19-11-13-21(32-2)14-12-19/h3-16H,1-2H3,(H,27,29). The second-order valence-electron chi connectivity index (χ2n) is 7.31. The molecule has 0 unspecified atom stereocenters. The van der Waals surface area contributed by atoms with Crippen molar-refractivity contribution in [3.63, 3.8) is 0 Å². The number of nitrogens with zero attached hydrogens (tertiary/aromatic N) is 1.